The largest absolute Gasteiger partial charge is 0.338 e. The maximum Gasteiger partial charge on any atom is 0.315 e. The molecule has 0 radical (unpaired) electrons. The fourth-order valence-electron chi connectivity index (χ4n) is 6.63. The van der Waals surface area contributed by atoms with Gasteiger partial charge in [-0.25, -0.2) is 4.79 Å². The highest BCUT2D eigenvalue weighted by Gasteiger charge is 2.51. The van der Waals surface area contributed by atoms with Gasteiger partial charge in [-0.05, 0) is 81.3 Å². The number of nitrogens with one attached hydrogen (secondary N) is 2. The molecule has 2 N–H and O–H groups in total. The second-order valence-corrected chi connectivity index (χ2v) is 9.60. The lowest BCUT2D eigenvalue weighted by molar-refractivity contribution is -0.0137. The SMILES string of the molecule is O=C(NC1CCN(C(=O)c2ccncc2)CC1)NC12CC3CC(CC(C3)C1)C2. The first-order valence-electron chi connectivity index (χ1n) is 10.9. The topological polar surface area (TPSA) is 74.3 Å². The van der Waals surface area contributed by atoms with Gasteiger partial charge in [-0.15, -0.1) is 0 Å². The molecular weight excluding hydrogens is 352 g/mol. The molecule has 0 spiro atoms. The van der Waals surface area contributed by atoms with Gasteiger partial charge in [-0.3, -0.25) is 9.78 Å². The van der Waals surface area contributed by atoms with Crippen LogP contribution in [-0.4, -0.2) is 46.5 Å². The molecule has 4 bridgehead atoms. The smallest absolute Gasteiger partial charge is 0.315 e. The molecule has 6 rings (SSSR count). The van der Waals surface area contributed by atoms with Crippen LogP contribution in [0.4, 0.5) is 4.79 Å². The van der Waals surface area contributed by atoms with Crippen LogP contribution in [0.2, 0.25) is 0 Å². The molecule has 0 aromatic carbocycles. The van der Waals surface area contributed by atoms with Crippen LogP contribution in [0.15, 0.2) is 24.5 Å². The molecule has 2 heterocycles. The van der Waals surface area contributed by atoms with E-state index in [-0.39, 0.29) is 23.5 Å². The molecule has 3 amide bonds. The van der Waals surface area contributed by atoms with Crippen LogP contribution in [0.3, 0.4) is 0 Å². The zero-order valence-corrected chi connectivity index (χ0v) is 16.4. The van der Waals surface area contributed by atoms with Crippen molar-refractivity contribution in [3.8, 4) is 0 Å². The Kier molecular flexibility index (Phi) is 4.52. The summed E-state index contributed by atoms with van der Waals surface area (Å²) in [6.45, 7) is 1.37. The monoisotopic (exact) mass is 382 g/mol. The molecule has 5 fully saturated rings. The summed E-state index contributed by atoms with van der Waals surface area (Å²) in [6, 6.07) is 3.66. The lowest BCUT2D eigenvalue weighted by Gasteiger charge is -2.56. The molecule has 1 aliphatic heterocycles. The maximum atomic E-state index is 12.7. The molecule has 0 unspecified atom stereocenters. The van der Waals surface area contributed by atoms with Crippen molar-refractivity contribution in [3.63, 3.8) is 0 Å². The highest BCUT2D eigenvalue weighted by molar-refractivity contribution is 5.94. The Morgan fingerprint density at radius 1 is 0.964 bits per heavy atom. The number of likely N-dealkylation sites (tertiary alicyclic amines) is 1. The van der Waals surface area contributed by atoms with Crippen LogP contribution in [-0.2, 0) is 0 Å². The van der Waals surface area contributed by atoms with Crippen LogP contribution in [0.5, 0.6) is 0 Å². The molecule has 1 aromatic heterocycles. The van der Waals surface area contributed by atoms with Crippen LogP contribution in [0.1, 0.15) is 61.7 Å². The number of piperidine rings is 1. The van der Waals surface area contributed by atoms with E-state index in [0.717, 1.165) is 30.6 Å². The lowest BCUT2D eigenvalue weighted by Crippen LogP contribution is -2.62. The molecule has 1 saturated heterocycles. The Balaban J connectivity index is 1.12. The van der Waals surface area contributed by atoms with Gasteiger partial charge in [0.05, 0.1) is 0 Å². The Morgan fingerprint density at radius 3 is 2.11 bits per heavy atom. The zero-order chi connectivity index (χ0) is 19.1. The van der Waals surface area contributed by atoms with Gasteiger partial charge >= 0.3 is 6.03 Å². The molecule has 4 saturated carbocycles. The van der Waals surface area contributed by atoms with Crippen LogP contribution in [0.25, 0.3) is 0 Å². The van der Waals surface area contributed by atoms with Gasteiger partial charge in [0.1, 0.15) is 0 Å². The summed E-state index contributed by atoms with van der Waals surface area (Å²) in [5, 5.41) is 6.59. The van der Waals surface area contributed by atoms with Crippen molar-refractivity contribution in [1.82, 2.24) is 20.5 Å². The number of carbonyl (C=O) groups is 2. The van der Waals surface area contributed by atoms with Crippen LogP contribution < -0.4 is 10.6 Å². The molecule has 1 aromatic rings. The second-order valence-electron chi connectivity index (χ2n) is 9.60. The van der Waals surface area contributed by atoms with E-state index in [0.29, 0.717) is 18.7 Å². The first kappa shape index (κ1) is 18.0. The number of aromatic nitrogens is 1. The number of amides is 3. The Hall–Kier alpha value is -2.11. The normalized spacial score (nSPS) is 34.3. The summed E-state index contributed by atoms with van der Waals surface area (Å²) in [5.41, 5.74) is 0.734. The van der Waals surface area contributed by atoms with Gasteiger partial charge in [0.2, 0.25) is 0 Å². The minimum absolute atomic E-state index is 0.000797. The number of hydrogen-bond acceptors (Lipinski definition) is 3. The molecule has 28 heavy (non-hydrogen) atoms. The fourth-order valence-corrected chi connectivity index (χ4v) is 6.63. The summed E-state index contributed by atoms with van der Waals surface area (Å²) in [5.74, 6) is 2.54. The number of rotatable bonds is 3. The maximum absolute atomic E-state index is 12.7. The number of pyridine rings is 1. The van der Waals surface area contributed by atoms with Gasteiger partial charge < -0.3 is 15.5 Å². The van der Waals surface area contributed by atoms with E-state index in [1.165, 1.54) is 38.5 Å². The molecule has 150 valence electrons. The van der Waals surface area contributed by atoms with Crippen LogP contribution >= 0.6 is 0 Å². The zero-order valence-electron chi connectivity index (χ0n) is 16.4. The van der Waals surface area contributed by atoms with Crippen molar-refractivity contribution in [1.29, 1.82) is 0 Å². The Labute approximate surface area is 166 Å². The van der Waals surface area contributed by atoms with Crippen LogP contribution in [0, 0.1) is 17.8 Å². The number of urea groups is 1. The lowest BCUT2D eigenvalue weighted by atomic mass is 9.53. The summed E-state index contributed by atoms with van der Waals surface area (Å²) in [4.78, 5) is 31.1. The van der Waals surface area contributed by atoms with E-state index >= 15 is 0 Å². The van der Waals surface area contributed by atoms with Crippen molar-refractivity contribution in [2.75, 3.05) is 13.1 Å². The van der Waals surface area contributed by atoms with Crippen molar-refractivity contribution < 1.29 is 9.59 Å². The van der Waals surface area contributed by atoms with E-state index in [9.17, 15) is 9.59 Å². The number of carbonyl (C=O) groups excluding carboxylic acids is 2. The van der Waals surface area contributed by atoms with Crippen molar-refractivity contribution >= 4 is 11.9 Å². The standard InChI is InChI=1S/C22H30N4O2/c27-20(18-1-5-23-6-2-18)26-7-3-19(4-8-26)24-21(28)25-22-12-15-9-16(13-22)11-17(10-15)14-22/h1-2,5-6,15-17,19H,3-4,7-14H2,(H2,24,25,28). The minimum Gasteiger partial charge on any atom is -0.338 e. The predicted octanol–water partition coefficient (Wildman–Crippen LogP) is 2.95. The first-order chi connectivity index (χ1) is 13.6. The molecule has 4 aliphatic carbocycles. The second kappa shape index (κ2) is 7.05. The molecule has 6 heteroatoms. The van der Waals surface area contributed by atoms with Gasteiger partial charge in [0.15, 0.2) is 0 Å². The predicted molar refractivity (Wildman–Crippen MR) is 106 cm³/mol. The van der Waals surface area contributed by atoms with E-state index in [1.54, 1.807) is 24.5 Å². The summed E-state index contributed by atoms with van der Waals surface area (Å²) < 4.78 is 0. The molecule has 0 atom stereocenters. The van der Waals surface area contributed by atoms with E-state index < -0.39 is 0 Å². The molecule has 6 nitrogen and oxygen atoms in total. The highest BCUT2D eigenvalue weighted by Crippen LogP contribution is 2.55. The third-order valence-corrected chi connectivity index (χ3v) is 7.46. The molecular formula is C22H30N4O2. The summed E-state index contributed by atoms with van der Waals surface area (Å²) in [6.07, 6.45) is 12.6. The quantitative estimate of drug-likeness (QED) is 0.844. The van der Waals surface area contributed by atoms with Gasteiger partial charge in [0, 0.05) is 42.6 Å². The highest BCUT2D eigenvalue weighted by atomic mass is 16.2. The molecule has 5 aliphatic rings. The van der Waals surface area contributed by atoms with Crippen molar-refractivity contribution in [2.24, 2.45) is 17.8 Å². The summed E-state index contributed by atoms with van der Waals surface area (Å²) >= 11 is 0. The Morgan fingerprint density at radius 2 is 1.54 bits per heavy atom. The van der Waals surface area contributed by atoms with Crippen molar-refractivity contribution in [3.05, 3.63) is 30.1 Å². The van der Waals surface area contributed by atoms with E-state index in [2.05, 4.69) is 15.6 Å². The van der Waals surface area contributed by atoms with E-state index in [1.807, 2.05) is 4.90 Å². The van der Waals surface area contributed by atoms with Gasteiger partial charge in [-0.1, -0.05) is 0 Å². The van der Waals surface area contributed by atoms with Gasteiger partial charge in [-0.2, -0.15) is 0 Å². The fraction of sp³-hybridized carbons (Fsp3) is 0.682. The third-order valence-electron chi connectivity index (χ3n) is 7.46. The minimum atomic E-state index is 0.000797. The third kappa shape index (κ3) is 3.49. The first-order valence-corrected chi connectivity index (χ1v) is 10.9. The van der Waals surface area contributed by atoms with Gasteiger partial charge in [0.25, 0.3) is 5.91 Å². The summed E-state index contributed by atoms with van der Waals surface area (Å²) in [7, 11) is 0. The number of nitrogens with zero attached hydrogens (tertiary/aromatic N) is 2. The van der Waals surface area contributed by atoms with E-state index in [4.69, 9.17) is 0 Å². The number of hydrogen-bond donors (Lipinski definition) is 2. The van der Waals surface area contributed by atoms with Crippen molar-refractivity contribution in [2.45, 2.75) is 62.9 Å². The average Bonchev–Trinajstić information content (AvgIpc) is 2.67. The Bertz CT molecular complexity index is 707. The average molecular weight is 383 g/mol.